The number of ether oxygens (including phenoxy) is 1. The van der Waals surface area contributed by atoms with Gasteiger partial charge in [0, 0.05) is 38.8 Å². The molecule has 3 rings (SSSR count). The number of benzene rings is 1. The normalized spacial score (nSPS) is 22.0. The maximum atomic E-state index is 12.5. The molecule has 0 unspecified atom stereocenters. The van der Waals surface area contributed by atoms with E-state index in [1.54, 1.807) is 0 Å². The average Bonchev–Trinajstić information content (AvgIpc) is 2.65. The Balaban J connectivity index is 1.45. The molecule has 0 spiro atoms. The van der Waals surface area contributed by atoms with Crippen LogP contribution in [-0.4, -0.2) is 49.1 Å². The van der Waals surface area contributed by atoms with Gasteiger partial charge in [-0.05, 0) is 37.7 Å². The first-order chi connectivity index (χ1) is 12.2. The van der Waals surface area contributed by atoms with E-state index in [1.165, 1.54) is 5.56 Å². The van der Waals surface area contributed by atoms with Crippen molar-refractivity contribution in [2.24, 2.45) is 5.92 Å². The Morgan fingerprint density at radius 1 is 1.16 bits per heavy atom. The molecule has 1 atom stereocenters. The Kier molecular flexibility index (Phi) is 6.45. The highest BCUT2D eigenvalue weighted by Crippen LogP contribution is 2.19. The van der Waals surface area contributed by atoms with Crippen LogP contribution >= 0.6 is 0 Å². The lowest BCUT2D eigenvalue weighted by Crippen LogP contribution is -2.49. The fourth-order valence-electron chi connectivity index (χ4n) is 3.62. The molecule has 2 aliphatic heterocycles. The lowest BCUT2D eigenvalue weighted by Gasteiger charge is -2.33. The number of rotatable bonds is 6. The van der Waals surface area contributed by atoms with Gasteiger partial charge >= 0.3 is 0 Å². The van der Waals surface area contributed by atoms with Gasteiger partial charge in [-0.25, -0.2) is 0 Å². The molecule has 0 aromatic heterocycles. The van der Waals surface area contributed by atoms with Gasteiger partial charge in [-0.15, -0.1) is 0 Å². The molecule has 2 heterocycles. The standard InChI is InChI=1S/C20H28N2O3/c23-19-9-8-17(20(24)21-18-10-13-25-14-11-18)15-22(19)12-4-7-16-5-2-1-3-6-16/h1-3,5-6,17-18H,4,7-15H2,(H,21,24)/t17-/m0/s1. The summed E-state index contributed by atoms with van der Waals surface area (Å²) in [5, 5.41) is 3.15. The topological polar surface area (TPSA) is 58.6 Å². The largest absolute Gasteiger partial charge is 0.381 e. The maximum Gasteiger partial charge on any atom is 0.225 e. The van der Waals surface area contributed by atoms with Crippen molar-refractivity contribution in [2.45, 2.75) is 44.6 Å². The number of nitrogens with zero attached hydrogens (tertiary/aromatic N) is 1. The van der Waals surface area contributed by atoms with Crippen LogP contribution in [0.2, 0.25) is 0 Å². The molecular formula is C20H28N2O3. The number of hydrogen-bond donors (Lipinski definition) is 1. The number of amides is 2. The summed E-state index contributed by atoms with van der Waals surface area (Å²) in [7, 11) is 0. The molecule has 0 bridgehead atoms. The Bertz CT molecular complexity index is 570. The van der Waals surface area contributed by atoms with Gasteiger partial charge in [-0.1, -0.05) is 30.3 Å². The van der Waals surface area contributed by atoms with Crippen LogP contribution in [0.4, 0.5) is 0 Å². The van der Waals surface area contributed by atoms with Crippen LogP contribution in [-0.2, 0) is 20.7 Å². The van der Waals surface area contributed by atoms with Gasteiger partial charge in [-0.2, -0.15) is 0 Å². The summed E-state index contributed by atoms with van der Waals surface area (Å²) in [6, 6.07) is 10.5. The predicted octanol–water partition coefficient (Wildman–Crippen LogP) is 2.15. The summed E-state index contributed by atoms with van der Waals surface area (Å²) in [6.45, 7) is 2.73. The van der Waals surface area contributed by atoms with Crippen molar-refractivity contribution in [1.29, 1.82) is 0 Å². The van der Waals surface area contributed by atoms with E-state index >= 15 is 0 Å². The highest BCUT2D eigenvalue weighted by molar-refractivity contribution is 5.84. The zero-order chi connectivity index (χ0) is 17.5. The van der Waals surface area contributed by atoms with Gasteiger partial charge in [0.05, 0.1) is 5.92 Å². The van der Waals surface area contributed by atoms with E-state index in [-0.39, 0.29) is 23.8 Å². The highest BCUT2D eigenvalue weighted by atomic mass is 16.5. The fraction of sp³-hybridized carbons (Fsp3) is 0.600. The number of piperidine rings is 1. The number of carbonyl (C=O) groups excluding carboxylic acids is 2. The Morgan fingerprint density at radius 3 is 2.68 bits per heavy atom. The summed E-state index contributed by atoms with van der Waals surface area (Å²) in [4.78, 5) is 26.6. The molecule has 0 radical (unpaired) electrons. The van der Waals surface area contributed by atoms with E-state index in [9.17, 15) is 9.59 Å². The first-order valence-electron chi connectivity index (χ1n) is 9.42. The van der Waals surface area contributed by atoms with Crippen molar-refractivity contribution in [3.63, 3.8) is 0 Å². The lowest BCUT2D eigenvalue weighted by atomic mass is 9.95. The monoisotopic (exact) mass is 344 g/mol. The molecule has 25 heavy (non-hydrogen) atoms. The minimum Gasteiger partial charge on any atom is -0.381 e. The molecule has 5 nitrogen and oxygen atoms in total. The highest BCUT2D eigenvalue weighted by Gasteiger charge is 2.31. The third kappa shape index (κ3) is 5.30. The smallest absolute Gasteiger partial charge is 0.225 e. The van der Waals surface area contributed by atoms with Gasteiger partial charge in [0.2, 0.25) is 11.8 Å². The van der Waals surface area contributed by atoms with Gasteiger partial charge in [-0.3, -0.25) is 9.59 Å². The van der Waals surface area contributed by atoms with Crippen LogP contribution in [0.15, 0.2) is 30.3 Å². The van der Waals surface area contributed by atoms with Gasteiger partial charge < -0.3 is 15.0 Å². The molecular weight excluding hydrogens is 316 g/mol. The summed E-state index contributed by atoms with van der Waals surface area (Å²) >= 11 is 0. The van der Waals surface area contributed by atoms with Crippen molar-refractivity contribution in [1.82, 2.24) is 10.2 Å². The molecule has 1 aromatic carbocycles. The van der Waals surface area contributed by atoms with E-state index in [4.69, 9.17) is 4.74 Å². The summed E-state index contributed by atoms with van der Waals surface area (Å²) in [6.07, 6.45) is 4.82. The number of carbonyl (C=O) groups is 2. The number of hydrogen-bond acceptors (Lipinski definition) is 3. The molecule has 2 saturated heterocycles. The third-order valence-corrected chi connectivity index (χ3v) is 5.17. The fourth-order valence-corrected chi connectivity index (χ4v) is 3.62. The minimum atomic E-state index is -0.0720. The summed E-state index contributed by atoms with van der Waals surface area (Å²) in [5.74, 6) is 0.216. The van der Waals surface area contributed by atoms with Crippen molar-refractivity contribution in [2.75, 3.05) is 26.3 Å². The van der Waals surface area contributed by atoms with Gasteiger partial charge in [0.25, 0.3) is 0 Å². The van der Waals surface area contributed by atoms with Crippen LogP contribution in [0, 0.1) is 5.92 Å². The molecule has 2 amide bonds. The van der Waals surface area contributed by atoms with E-state index in [1.807, 2.05) is 23.1 Å². The number of likely N-dealkylation sites (tertiary alicyclic amines) is 1. The molecule has 0 aliphatic carbocycles. The maximum absolute atomic E-state index is 12.5. The van der Waals surface area contributed by atoms with Crippen molar-refractivity contribution in [3.8, 4) is 0 Å². The zero-order valence-corrected chi connectivity index (χ0v) is 14.8. The van der Waals surface area contributed by atoms with Crippen LogP contribution < -0.4 is 5.32 Å². The van der Waals surface area contributed by atoms with Crippen molar-refractivity contribution in [3.05, 3.63) is 35.9 Å². The van der Waals surface area contributed by atoms with Crippen LogP contribution in [0.25, 0.3) is 0 Å². The summed E-state index contributed by atoms with van der Waals surface area (Å²) in [5.41, 5.74) is 1.29. The Morgan fingerprint density at radius 2 is 1.92 bits per heavy atom. The SMILES string of the molecule is O=C(NC1CCOCC1)[C@H]1CCC(=O)N(CCCc2ccccc2)C1. The zero-order valence-electron chi connectivity index (χ0n) is 14.8. The predicted molar refractivity (Wildman–Crippen MR) is 96.1 cm³/mol. The van der Waals surface area contributed by atoms with Crippen molar-refractivity contribution >= 4 is 11.8 Å². The Labute approximate surface area is 149 Å². The second-order valence-electron chi connectivity index (χ2n) is 7.06. The number of aryl methyl sites for hydroxylation is 1. The first-order valence-corrected chi connectivity index (χ1v) is 9.42. The third-order valence-electron chi connectivity index (χ3n) is 5.17. The molecule has 0 saturated carbocycles. The summed E-state index contributed by atoms with van der Waals surface area (Å²) < 4.78 is 5.33. The van der Waals surface area contributed by atoms with E-state index in [0.717, 1.165) is 45.4 Å². The Hall–Kier alpha value is -1.88. The molecule has 1 aromatic rings. The lowest BCUT2D eigenvalue weighted by molar-refractivity contribution is -0.138. The quantitative estimate of drug-likeness (QED) is 0.860. The van der Waals surface area contributed by atoms with E-state index in [0.29, 0.717) is 19.4 Å². The van der Waals surface area contributed by atoms with Crippen LogP contribution in [0.3, 0.4) is 0 Å². The van der Waals surface area contributed by atoms with E-state index in [2.05, 4.69) is 17.4 Å². The second kappa shape index (κ2) is 8.99. The molecule has 1 N–H and O–H groups in total. The molecule has 2 fully saturated rings. The van der Waals surface area contributed by atoms with Crippen LogP contribution in [0.5, 0.6) is 0 Å². The second-order valence-corrected chi connectivity index (χ2v) is 7.06. The average molecular weight is 344 g/mol. The van der Waals surface area contributed by atoms with E-state index < -0.39 is 0 Å². The van der Waals surface area contributed by atoms with Gasteiger partial charge in [0.15, 0.2) is 0 Å². The molecule has 136 valence electrons. The first kappa shape index (κ1) is 17.9. The van der Waals surface area contributed by atoms with Crippen molar-refractivity contribution < 1.29 is 14.3 Å². The van der Waals surface area contributed by atoms with Crippen LogP contribution in [0.1, 0.15) is 37.7 Å². The number of nitrogens with one attached hydrogen (secondary N) is 1. The molecule has 2 aliphatic rings. The van der Waals surface area contributed by atoms with Gasteiger partial charge in [0.1, 0.15) is 0 Å². The molecule has 5 heteroatoms. The minimum absolute atomic E-state index is 0.0720.